The summed E-state index contributed by atoms with van der Waals surface area (Å²) in [6.45, 7) is 2.71. The summed E-state index contributed by atoms with van der Waals surface area (Å²) >= 11 is 1.17. The zero-order chi connectivity index (χ0) is 22.0. The van der Waals surface area contributed by atoms with Gasteiger partial charge in [-0.15, -0.1) is 0 Å². The average Bonchev–Trinajstić information content (AvgIpc) is 3.56. The van der Waals surface area contributed by atoms with Gasteiger partial charge in [-0.05, 0) is 56.7 Å². The number of thioether (sulfide) groups is 1. The lowest BCUT2D eigenvalue weighted by Crippen LogP contribution is -2.38. The van der Waals surface area contributed by atoms with Gasteiger partial charge in [0, 0.05) is 36.0 Å². The van der Waals surface area contributed by atoms with E-state index in [9.17, 15) is 18.0 Å². The number of nitrogens with zero attached hydrogens (tertiary/aromatic N) is 3. The molecule has 1 saturated carbocycles. The summed E-state index contributed by atoms with van der Waals surface area (Å²) in [7, 11) is 0. The number of carbonyl (C=O) groups excluding carboxylic acids is 1. The summed E-state index contributed by atoms with van der Waals surface area (Å²) in [5, 5.41) is 3.04. The number of hydrogen-bond donors (Lipinski definition) is 1. The number of hydrogen-bond acceptors (Lipinski definition) is 5. The van der Waals surface area contributed by atoms with Crippen molar-refractivity contribution in [2.45, 2.75) is 68.2 Å². The standard InChI is InChI=1S/C22H25F3N4OS/c1-14-4-2-3-11-29(14)19-12-18(22(23,24)25)27-21(28-19)31-13-15-5-7-16(8-6-15)20(30)26-17-9-10-17/h5-8,12,14,17H,2-4,9-11,13H2,1H3,(H,26,30). The Kier molecular flexibility index (Phi) is 6.41. The molecule has 2 heterocycles. The first-order chi connectivity index (χ1) is 14.8. The molecule has 9 heteroatoms. The maximum absolute atomic E-state index is 13.4. The van der Waals surface area contributed by atoms with E-state index in [1.165, 1.54) is 11.8 Å². The highest BCUT2D eigenvalue weighted by molar-refractivity contribution is 7.98. The molecule has 31 heavy (non-hydrogen) atoms. The Morgan fingerprint density at radius 2 is 1.90 bits per heavy atom. The Balaban J connectivity index is 1.48. The zero-order valence-corrected chi connectivity index (χ0v) is 18.1. The van der Waals surface area contributed by atoms with Crippen LogP contribution in [0.25, 0.3) is 0 Å². The van der Waals surface area contributed by atoms with Crippen molar-refractivity contribution in [2.75, 3.05) is 11.4 Å². The molecule has 1 aliphatic carbocycles. The number of amides is 1. The summed E-state index contributed by atoms with van der Waals surface area (Å²) in [4.78, 5) is 22.2. The van der Waals surface area contributed by atoms with E-state index in [-0.39, 0.29) is 23.1 Å². The fraction of sp³-hybridized carbons (Fsp3) is 0.500. The molecule has 1 aromatic carbocycles. The highest BCUT2D eigenvalue weighted by Crippen LogP contribution is 2.33. The molecule has 4 rings (SSSR count). The molecule has 1 aromatic heterocycles. The maximum Gasteiger partial charge on any atom is 0.433 e. The minimum absolute atomic E-state index is 0.0943. The van der Waals surface area contributed by atoms with Crippen molar-refractivity contribution in [2.24, 2.45) is 0 Å². The minimum atomic E-state index is -4.53. The molecule has 2 fully saturated rings. The second-order valence-corrected chi connectivity index (χ2v) is 9.11. The smallest absolute Gasteiger partial charge is 0.354 e. The lowest BCUT2D eigenvalue weighted by atomic mass is 10.0. The SMILES string of the molecule is CC1CCCCN1c1cc(C(F)(F)F)nc(SCc2ccc(C(=O)NC3CC3)cc2)n1. The van der Waals surface area contributed by atoms with Gasteiger partial charge < -0.3 is 10.2 Å². The van der Waals surface area contributed by atoms with Crippen LogP contribution in [0.4, 0.5) is 19.0 Å². The highest BCUT2D eigenvalue weighted by atomic mass is 32.2. The molecular weight excluding hydrogens is 425 g/mol. The number of halogens is 3. The van der Waals surface area contributed by atoms with Gasteiger partial charge >= 0.3 is 6.18 Å². The summed E-state index contributed by atoms with van der Waals surface area (Å²) in [5.74, 6) is 0.660. The monoisotopic (exact) mass is 450 g/mol. The van der Waals surface area contributed by atoms with Crippen LogP contribution in [0.5, 0.6) is 0 Å². The van der Waals surface area contributed by atoms with E-state index in [4.69, 9.17) is 0 Å². The Morgan fingerprint density at radius 3 is 2.55 bits per heavy atom. The number of benzene rings is 1. The van der Waals surface area contributed by atoms with Gasteiger partial charge in [0.1, 0.15) is 5.82 Å². The highest BCUT2D eigenvalue weighted by Gasteiger charge is 2.35. The summed E-state index contributed by atoms with van der Waals surface area (Å²) in [6.07, 6.45) is 0.479. The molecule has 1 aliphatic heterocycles. The third kappa shape index (κ3) is 5.70. The molecule has 0 spiro atoms. The Morgan fingerprint density at radius 1 is 1.16 bits per heavy atom. The summed E-state index contributed by atoms with van der Waals surface area (Å²) in [5.41, 5.74) is 0.559. The number of piperidine rings is 1. The van der Waals surface area contributed by atoms with Crippen molar-refractivity contribution in [1.29, 1.82) is 0 Å². The van der Waals surface area contributed by atoms with Gasteiger partial charge in [0.05, 0.1) is 0 Å². The molecule has 2 aliphatic rings. The molecule has 166 valence electrons. The second-order valence-electron chi connectivity index (χ2n) is 8.16. The maximum atomic E-state index is 13.4. The Labute approximate surface area is 183 Å². The molecule has 1 atom stereocenters. The largest absolute Gasteiger partial charge is 0.433 e. The van der Waals surface area contributed by atoms with Crippen molar-refractivity contribution in [3.8, 4) is 0 Å². The van der Waals surface area contributed by atoms with Crippen LogP contribution >= 0.6 is 11.8 Å². The van der Waals surface area contributed by atoms with E-state index in [1.807, 2.05) is 24.0 Å². The molecule has 2 aromatic rings. The topological polar surface area (TPSA) is 58.1 Å². The van der Waals surface area contributed by atoms with Gasteiger partial charge in [-0.1, -0.05) is 23.9 Å². The zero-order valence-electron chi connectivity index (χ0n) is 17.3. The lowest BCUT2D eigenvalue weighted by Gasteiger charge is -2.34. The van der Waals surface area contributed by atoms with Crippen molar-refractivity contribution in [3.63, 3.8) is 0 Å². The fourth-order valence-corrected chi connectivity index (χ4v) is 4.41. The van der Waals surface area contributed by atoms with Gasteiger partial charge in [0.15, 0.2) is 10.9 Å². The molecule has 0 bridgehead atoms. The first-order valence-corrected chi connectivity index (χ1v) is 11.5. The third-order valence-electron chi connectivity index (χ3n) is 5.58. The van der Waals surface area contributed by atoms with E-state index in [0.29, 0.717) is 23.7 Å². The first kappa shape index (κ1) is 21.9. The van der Waals surface area contributed by atoms with E-state index in [1.54, 1.807) is 12.1 Å². The van der Waals surface area contributed by atoms with E-state index in [2.05, 4.69) is 15.3 Å². The number of aromatic nitrogens is 2. The van der Waals surface area contributed by atoms with Crippen LogP contribution in [-0.2, 0) is 11.9 Å². The number of anilines is 1. The van der Waals surface area contributed by atoms with Crippen LogP contribution in [0.1, 0.15) is 60.6 Å². The van der Waals surface area contributed by atoms with Crippen LogP contribution in [0.15, 0.2) is 35.5 Å². The van der Waals surface area contributed by atoms with Crippen LogP contribution < -0.4 is 10.2 Å². The van der Waals surface area contributed by atoms with Gasteiger partial charge in [-0.3, -0.25) is 4.79 Å². The van der Waals surface area contributed by atoms with Crippen molar-refractivity contribution < 1.29 is 18.0 Å². The molecule has 0 radical (unpaired) electrons. The van der Waals surface area contributed by atoms with Crippen molar-refractivity contribution >= 4 is 23.5 Å². The van der Waals surface area contributed by atoms with Gasteiger partial charge in [-0.25, -0.2) is 9.97 Å². The van der Waals surface area contributed by atoms with Gasteiger partial charge in [0.2, 0.25) is 0 Å². The quantitative estimate of drug-likeness (QED) is 0.493. The molecule has 1 N–H and O–H groups in total. The van der Waals surface area contributed by atoms with Crippen molar-refractivity contribution in [3.05, 3.63) is 47.2 Å². The van der Waals surface area contributed by atoms with Crippen LogP contribution in [0, 0.1) is 0 Å². The number of carbonyl (C=O) groups is 1. The molecule has 1 saturated heterocycles. The second kappa shape index (κ2) is 9.06. The number of rotatable bonds is 6. The number of alkyl halides is 3. The van der Waals surface area contributed by atoms with Gasteiger partial charge in [0.25, 0.3) is 5.91 Å². The van der Waals surface area contributed by atoms with Crippen LogP contribution in [-0.4, -0.2) is 34.5 Å². The van der Waals surface area contributed by atoms with Gasteiger partial charge in [-0.2, -0.15) is 13.2 Å². The first-order valence-electron chi connectivity index (χ1n) is 10.5. The lowest BCUT2D eigenvalue weighted by molar-refractivity contribution is -0.141. The minimum Gasteiger partial charge on any atom is -0.354 e. The molecule has 1 unspecified atom stereocenters. The normalized spacial score (nSPS) is 19.4. The molecule has 5 nitrogen and oxygen atoms in total. The third-order valence-corrected chi connectivity index (χ3v) is 6.49. The number of nitrogens with one attached hydrogen (secondary N) is 1. The molecular formula is C22H25F3N4OS. The fourth-order valence-electron chi connectivity index (χ4n) is 3.60. The summed E-state index contributed by atoms with van der Waals surface area (Å²) < 4.78 is 40.3. The van der Waals surface area contributed by atoms with E-state index < -0.39 is 11.9 Å². The van der Waals surface area contributed by atoms with Crippen LogP contribution in [0.3, 0.4) is 0 Å². The predicted molar refractivity (Wildman–Crippen MR) is 114 cm³/mol. The van der Waals surface area contributed by atoms with Crippen molar-refractivity contribution in [1.82, 2.24) is 15.3 Å². The van der Waals surface area contributed by atoms with E-state index in [0.717, 1.165) is 43.7 Å². The summed E-state index contributed by atoms with van der Waals surface area (Å²) in [6, 6.07) is 8.60. The Bertz CT molecular complexity index is 931. The predicted octanol–water partition coefficient (Wildman–Crippen LogP) is 5.06. The molecule has 1 amide bonds. The van der Waals surface area contributed by atoms with E-state index >= 15 is 0 Å². The Hall–Kier alpha value is -2.29. The van der Waals surface area contributed by atoms with Crippen LogP contribution in [0.2, 0.25) is 0 Å². The average molecular weight is 451 g/mol.